The highest BCUT2D eigenvalue weighted by Crippen LogP contribution is 2.24. The molecule has 1 rings (SSSR count). The van der Waals surface area contributed by atoms with Crippen molar-refractivity contribution in [1.82, 2.24) is 5.32 Å². The fraction of sp³-hybridized carbons (Fsp3) is 0.529. The Kier molecular flexibility index (Phi) is 8.48. The van der Waals surface area contributed by atoms with E-state index in [1.54, 1.807) is 18.2 Å². The number of hydrogen-bond donors (Lipinski definition) is 2. The highest BCUT2D eigenvalue weighted by molar-refractivity contribution is 6.31. The summed E-state index contributed by atoms with van der Waals surface area (Å²) in [6.45, 7) is 4.33. The standard InChI is InChI=1S/C17H24ClNO4/c1-12(2)23-15-9-8-13(18)11-14(15)17(22)19-10-6-4-3-5-7-16(20)21/h8-9,11-12H,3-7,10H2,1-2H3,(H,19,22)(H,20,21). The summed E-state index contributed by atoms with van der Waals surface area (Å²) in [5.74, 6) is -0.464. The largest absolute Gasteiger partial charge is 0.490 e. The number of benzene rings is 1. The van der Waals surface area contributed by atoms with Crippen molar-refractivity contribution in [1.29, 1.82) is 0 Å². The van der Waals surface area contributed by atoms with E-state index in [0.717, 1.165) is 19.3 Å². The summed E-state index contributed by atoms with van der Waals surface area (Å²) in [7, 11) is 0. The third-order valence-electron chi connectivity index (χ3n) is 3.15. The van der Waals surface area contributed by atoms with Gasteiger partial charge in [0.05, 0.1) is 11.7 Å². The molecular weight excluding hydrogens is 318 g/mol. The highest BCUT2D eigenvalue weighted by atomic mass is 35.5. The molecule has 0 saturated heterocycles. The first kappa shape index (κ1) is 19.3. The van der Waals surface area contributed by atoms with Gasteiger partial charge in [-0.3, -0.25) is 9.59 Å². The second-order valence-electron chi connectivity index (χ2n) is 5.62. The molecule has 0 saturated carbocycles. The minimum Gasteiger partial charge on any atom is -0.490 e. The number of carbonyl (C=O) groups is 2. The molecule has 0 fully saturated rings. The minimum absolute atomic E-state index is 0.0306. The van der Waals surface area contributed by atoms with Crippen LogP contribution in [0.5, 0.6) is 5.75 Å². The summed E-state index contributed by atoms with van der Waals surface area (Å²) in [5.41, 5.74) is 0.428. The van der Waals surface area contributed by atoms with Gasteiger partial charge >= 0.3 is 5.97 Å². The maximum atomic E-state index is 12.2. The SMILES string of the molecule is CC(C)Oc1ccc(Cl)cc1C(=O)NCCCCCCC(=O)O. The highest BCUT2D eigenvalue weighted by Gasteiger charge is 2.14. The quantitative estimate of drug-likeness (QED) is 0.633. The van der Waals surface area contributed by atoms with Crippen molar-refractivity contribution >= 4 is 23.5 Å². The van der Waals surface area contributed by atoms with Crippen LogP contribution in [0.2, 0.25) is 5.02 Å². The Bertz CT molecular complexity index is 531. The summed E-state index contributed by atoms with van der Waals surface area (Å²) < 4.78 is 5.63. The molecule has 0 atom stereocenters. The number of ether oxygens (including phenoxy) is 1. The first-order valence-corrected chi connectivity index (χ1v) is 8.24. The van der Waals surface area contributed by atoms with Crippen molar-refractivity contribution in [2.24, 2.45) is 0 Å². The lowest BCUT2D eigenvalue weighted by Gasteiger charge is -2.14. The first-order valence-electron chi connectivity index (χ1n) is 7.86. The summed E-state index contributed by atoms with van der Waals surface area (Å²) in [6.07, 6.45) is 3.39. The first-order chi connectivity index (χ1) is 10.9. The third kappa shape index (κ3) is 7.88. The average Bonchev–Trinajstić information content (AvgIpc) is 2.47. The van der Waals surface area contributed by atoms with Crippen LogP contribution < -0.4 is 10.1 Å². The predicted molar refractivity (Wildman–Crippen MR) is 90.3 cm³/mol. The molecule has 0 radical (unpaired) electrons. The van der Waals surface area contributed by atoms with Gasteiger partial charge in [0.15, 0.2) is 0 Å². The number of halogens is 1. The molecule has 5 nitrogen and oxygen atoms in total. The lowest BCUT2D eigenvalue weighted by molar-refractivity contribution is -0.137. The molecule has 6 heteroatoms. The zero-order valence-corrected chi connectivity index (χ0v) is 14.4. The van der Waals surface area contributed by atoms with Crippen molar-refractivity contribution < 1.29 is 19.4 Å². The van der Waals surface area contributed by atoms with Gasteiger partial charge in [-0.1, -0.05) is 24.4 Å². The maximum Gasteiger partial charge on any atom is 0.303 e. The molecule has 0 heterocycles. The Morgan fingerprint density at radius 2 is 1.91 bits per heavy atom. The van der Waals surface area contributed by atoms with Gasteiger partial charge in [0, 0.05) is 18.0 Å². The van der Waals surface area contributed by atoms with Crippen LogP contribution >= 0.6 is 11.6 Å². The van der Waals surface area contributed by atoms with Gasteiger partial charge in [-0.2, -0.15) is 0 Å². The fourth-order valence-electron chi connectivity index (χ4n) is 2.09. The normalized spacial score (nSPS) is 10.6. The average molecular weight is 342 g/mol. The predicted octanol–water partition coefficient (Wildman–Crippen LogP) is 3.89. The molecule has 0 unspecified atom stereocenters. The zero-order valence-electron chi connectivity index (χ0n) is 13.6. The molecular formula is C17H24ClNO4. The topological polar surface area (TPSA) is 75.6 Å². The van der Waals surface area contributed by atoms with E-state index in [1.165, 1.54) is 0 Å². The molecule has 0 aromatic heterocycles. The van der Waals surface area contributed by atoms with Gasteiger partial charge in [0.1, 0.15) is 5.75 Å². The summed E-state index contributed by atoms with van der Waals surface area (Å²) >= 11 is 5.96. The molecule has 1 aromatic rings. The van der Waals surface area contributed by atoms with Crippen LogP contribution in [0.1, 0.15) is 56.3 Å². The van der Waals surface area contributed by atoms with Gasteiger partial charge in [-0.05, 0) is 44.9 Å². The Morgan fingerprint density at radius 3 is 2.57 bits per heavy atom. The van der Waals surface area contributed by atoms with Crippen LogP contribution in [0, 0.1) is 0 Å². The Balaban J connectivity index is 2.42. The number of carbonyl (C=O) groups excluding carboxylic acids is 1. The van der Waals surface area contributed by atoms with E-state index in [2.05, 4.69) is 5.32 Å². The molecule has 0 aliphatic rings. The lowest BCUT2D eigenvalue weighted by atomic mass is 10.1. The van der Waals surface area contributed by atoms with Crippen molar-refractivity contribution in [3.05, 3.63) is 28.8 Å². The van der Waals surface area contributed by atoms with Crippen LogP contribution in [-0.2, 0) is 4.79 Å². The molecule has 1 aromatic carbocycles. The van der Waals surface area contributed by atoms with Crippen LogP contribution in [0.15, 0.2) is 18.2 Å². The maximum absolute atomic E-state index is 12.2. The number of rotatable bonds is 10. The second kappa shape index (κ2) is 10.1. The fourth-order valence-corrected chi connectivity index (χ4v) is 2.26. The van der Waals surface area contributed by atoms with Crippen molar-refractivity contribution in [3.8, 4) is 5.75 Å². The van der Waals surface area contributed by atoms with Crippen LogP contribution in [-0.4, -0.2) is 29.6 Å². The number of nitrogens with one attached hydrogen (secondary N) is 1. The smallest absolute Gasteiger partial charge is 0.303 e. The summed E-state index contributed by atoms with van der Waals surface area (Å²) in [4.78, 5) is 22.6. The van der Waals surface area contributed by atoms with Crippen LogP contribution in [0.25, 0.3) is 0 Å². The van der Waals surface area contributed by atoms with Gasteiger partial charge in [0.2, 0.25) is 0 Å². The number of unbranched alkanes of at least 4 members (excludes halogenated alkanes) is 3. The van der Waals surface area contributed by atoms with Crippen molar-refractivity contribution in [2.75, 3.05) is 6.54 Å². The van der Waals surface area contributed by atoms with Crippen LogP contribution in [0.4, 0.5) is 0 Å². The Morgan fingerprint density at radius 1 is 1.22 bits per heavy atom. The van der Waals surface area contributed by atoms with E-state index in [0.29, 0.717) is 29.3 Å². The summed E-state index contributed by atoms with van der Waals surface area (Å²) in [6, 6.07) is 4.99. The summed E-state index contributed by atoms with van der Waals surface area (Å²) in [5, 5.41) is 11.9. The lowest BCUT2D eigenvalue weighted by Crippen LogP contribution is -2.25. The number of amides is 1. The van der Waals surface area contributed by atoms with Gasteiger partial charge in [-0.15, -0.1) is 0 Å². The number of aliphatic carboxylic acids is 1. The number of carboxylic acid groups (broad SMARTS) is 1. The molecule has 1 amide bonds. The van der Waals surface area contributed by atoms with Gasteiger partial charge in [0.25, 0.3) is 5.91 Å². The molecule has 0 bridgehead atoms. The Hall–Kier alpha value is -1.75. The molecule has 0 spiro atoms. The minimum atomic E-state index is -0.767. The van der Waals surface area contributed by atoms with Gasteiger partial charge in [-0.25, -0.2) is 0 Å². The Labute approximate surface area is 142 Å². The van der Waals surface area contributed by atoms with Crippen molar-refractivity contribution in [3.63, 3.8) is 0 Å². The van der Waals surface area contributed by atoms with E-state index in [1.807, 2.05) is 13.8 Å². The van der Waals surface area contributed by atoms with Crippen molar-refractivity contribution in [2.45, 2.75) is 52.1 Å². The van der Waals surface area contributed by atoms with Gasteiger partial charge < -0.3 is 15.2 Å². The monoisotopic (exact) mass is 341 g/mol. The third-order valence-corrected chi connectivity index (χ3v) is 3.39. The number of carboxylic acids is 1. The molecule has 0 aliphatic carbocycles. The van der Waals surface area contributed by atoms with E-state index in [9.17, 15) is 9.59 Å². The number of hydrogen-bond acceptors (Lipinski definition) is 3. The zero-order chi connectivity index (χ0) is 17.2. The van der Waals surface area contributed by atoms with E-state index in [-0.39, 0.29) is 18.4 Å². The molecule has 128 valence electrons. The molecule has 23 heavy (non-hydrogen) atoms. The molecule has 2 N–H and O–H groups in total. The van der Waals surface area contributed by atoms with E-state index in [4.69, 9.17) is 21.4 Å². The second-order valence-corrected chi connectivity index (χ2v) is 6.06. The van der Waals surface area contributed by atoms with Crippen LogP contribution in [0.3, 0.4) is 0 Å². The van der Waals surface area contributed by atoms with E-state index < -0.39 is 5.97 Å². The van der Waals surface area contributed by atoms with E-state index >= 15 is 0 Å². The molecule has 0 aliphatic heterocycles.